The number of sulfonamides is 1. The van der Waals surface area contributed by atoms with E-state index in [1.165, 1.54) is 18.2 Å². The van der Waals surface area contributed by atoms with E-state index in [4.69, 9.17) is 22.6 Å². The number of nitrogens with zero attached hydrogens (tertiary/aromatic N) is 1. The summed E-state index contributed by atoms with van der Waals surface area (Å²) in [5.41, 5.74) is 7.10. The standard InChI is InChI=1S/C14H12ClN3O2S/c1-9-7-11(6-5-10(9)8-16)21(19,20)18-14-12(15)3-2-4-13(14)17/h2-7,18H,17H2,1H3. The summed E-state index contributed by atoms with van der Waals surface area (Å²) in [6.07, 6.45) is 0. The third-order valence-corrected chi connectivity index (χ3v) is 4.57. The second-order valence-corrected chi connectivity index (χ2v) is 6.49. The molecule has 0 unspecified atom stereocenters. The van der Waals surface area contributed by atoms with E-state index >= 15 is 0 Å². The van der Waals surface area contributed by atoms with E-state index in [0.717, 1.165) is 0 Å². The predicted octanol–water partition coefficient (Wildman–Crippen LogP) is 2.90. The van der Waals surface area contributed by atoms with Crippen LogP contribution < -0.4 is 10.5 Å². The van der Waals surface area contributed by atoms with Gasteiger partial charge in [0.25, 0.3) is 10.0 Å². The van der Waals surface area contributed by atoms with Crippen molar-refractivity contribution in [1.29, 1.82) is 5.26 Å². The molecule has 0 aromatic heterocycles. The summed E-state index contributed by atoms with van der Waals surface area (Å²) >= 11 is 5.95. The number of nitrogens with one attached hydrogen (secondary N) is 1. The molecule has 0 aliphatic heterocycles. The summed E-state index contributed by atoms with van der Waals surface area (Å²) < 4.78 is 27.1. The number of nitriles is 1. The Bertz CT molecular complexity index is 822. The van der Waals surface area contributed by atoms with Gasteiger partial charge in [0.2, 0.25) is 0 Å². The van der Waals surface area contributed by atoms with Gasteiger partial charge in [-0.3, -0.25) is 4.72 Å². The zero-order chi connectivity index (χ0) is 15.6. The number of benzene rings is 2. The summed E-state index contributed by atoms with van der Waals surface area (Å²) in [5, 5.41) is 9.08. The molecule has 0 fully saturated rings. The van der Waals surface area contributed by atoms with Gasteiger partial charge >= 0.3 is 0 Å². The molecule has 2 aromatic rings. The molecule has 0 amide bonds. The molecule has 0 atom stereocenters. The number of nitrogen functional groups attached to an aromatic ring is 1. The molecular weight excluding hydrogens is 310 g/mol. The first-order chi connectivity index (χ1) is 9.85. The van der Waals surface area contributed by atoms with Crippen LogP contribution in [0.25, 0.3) is 0 Å². The van der Waals surface area contributed by atoms with Crippen LogP contribution in [0, 0.1) is 18.3 Å². The Morgan fingerprint density at radius 3 is 2.57 bits per heavy atom. The predicted molar refractivity (Wildman–Crippen MR) is 82.6 cm³/mol. The third-order valence-electron chi connectivity index (χ3n) is 2.91. The number of nitrogens with two attached hydrogens (primary N) is 1. The second kappa shape index (κ2) is 5.64. The van der Waals surface area contributed by atoms with Crippen molar-refractivity contribution in [2.24, 2.45) is 0 Å². The lowest BCUT2D eigenvalue weighted by atomic mass is 10.1. The van der Waals surface area contributed by atoms with Gasteiger partial charge in [-0.05, 0) is 42.8 Å². The monoisotopic (exact) mass is 321 g/mol. The lowest BCUT2D eigenvalue weighted by molar-refractivity contribution is 0.601. The molecule has 7 heteroatoms. The summed E-state index contributed by atoms with van der Waals surface area (Å²) in [5.74, 6) is 0. The van der Waals surface area contributed by atoms with Crippen molar-refractivity contribution in [3.63, 3.8) is 0 Å². The van der Waals surface area contributed by atoms with Crippen molar-refractivity contribution in [3.8, 4) is 6.07 Å². The van der Waals surface area contributed by atoms with Crippen LogP contribution in [0.2, 0.25) is 5.02 Å². The van der Waals surface area contributed by atoms with E-state index in [2.05, 4.69) is 4.72 Å². The fourth-order valence-corrected chi connectivity index (χ4v) is 3.25. The molecule has 2 aromatic carbocycles. The number of hydrogen-bond donors (Lipinski definition) is 2. The Labute approximate surface area is 128 Å². The zero-order valence-corrected chi connectivity index (χ0v) is 12.7. The van der Waals surface area contributed by atoms with Gasteiger partial charge in [0.05, 0.1) is 32.9 Å². The maximum Gasteiger partial charge on any atom is 0.262 e. The Morgan fingerprint density at radius 1 is 1.29 bits per heavy atom. The van der Waals surface area contributed by atoms with E-state index in [0.29, 0.717) is 11.1 Å². The van der Waals surface area contributed by atoms with E-state index in [1.54, 1.807) is 25.1 Å². The maximum atomic E-state index is 12.3. The highest BCUT2D eigenvalue weighted by Crippen LogP contribution is 2.30. The van der Waals surface area contributed by atoms with E-state index in [9.17, 15) is 8.42 Å². The molecule has 0 heterocycles. The number of hydrogen-bond acceptors (Lipinski definition) is 4. The van der Waals surface area contributed by atoms with Crippen molar-refractivity contribution in [3.05, 3.63) is 52.5 Å². The molecule has 0 spiro atoms. The topological polar surface area (TPSA) is 96.0 Å². The van der Waals surface area contributed by atoms with E-state index in [-0.39, 0.29) is 21.3 Å². The third kappa shape index (κ3) is 3.10. The minimum atomic E-state index is -3.83. The molecule has 0 radical (unpaired) electrons. The highest BCUT2D eigenvalue weighted by molar-refractivity contribution is 7.92. The lowest BCUT2D eigenvalue weighted by Gasteiger charge is -2.12. The van der Waals surface area contributed by atoms with Crippen molar-refractivity contribution in [2.75, 3.05) is 10.5 Å². The number of para-hydroxylation sites is 1. The van der Waals surface area contributed by atoms with Crippen LogP contribution in [0.3, 0.4) is 0 Å². The number of aryl methyl sites for hydroxylation is 1. The first kappa shape index (κ1) is 15.2. The molecule has 0 aliphatic rings. The average molecular weight is 322 g/mol. The Morgan fingerprint density at radius 2 is 2.00 bits per heavy atom. The molecule has 3 N–H and O–H groups in total. The normalized spacial score (nSPS) is 10.9. The molecule has 0 bridgehead atoms. The summed E-state index contributed by atoms with van der Waals surface area (Å²) in [4.78, 5) is 0.0401. The van der Waals surface area contributed by atoms with Gasteiger partial charge in [-0.1, -0.05) is 17.7 Å². The van der Waals surface area contributed by atoms with Crippen LogP contribution in [-0.4, -0.2) is 8.42 Å². The van der Waals surface area contributed by atoms with Crippen LogP contribution in [-0.2, 0) is 10.0 Å². The fraction of sp³-hybridized carbons (Fsp3) is 0.0714. The quantitative estimate of drug-likeness (QED) is 0.849. The molecule has 21 heavy (non-hydrogen) atoms. The largest absolute Gasteiger partial charge is 0.397 e. The van der Waals surface area contributed by atoms with Crippen LogP contribution in [0.15, 0.2) is 41.3 Å². The number of anilines is 2. The molecule has 0 saturated heterocycles. The van der Waals surface area contributed by atoms with Gasteiger partial charge < -0.3 is 5.73 Å². The highest BCUT2D eigenvalue weighted by atomic mass is 35.5. The van der Waals surface area contributed by atoms with Gasteiger partial charge in [0, 0.05) is 0 Å². The lowest BCUT2D eigenvalue weighted by Crippen LogP contribution is -2.14. The van der Waals surface area contributed by atoms with Crippen LogP contribution in [0.1, 0.15) is 11.1 Å². The minimum Gasteiger partial charge on any atom is -0.397 e. The number of halogens is 1. The summed E-state index contributed by atoms with van der Waals surface area (Å²) in [6.45, 7) is 1.67. The van der Waals surface area contributed by atoms with Crippen LogP contribution in [0.5, 0.6) is 0 Å². The minimum absolute atomic E-state index is 0.0401. The van der Waals surface area contributed by atoms with Crippen LogP contribution in [0.4, 0.5) is 11.4 Å². The molecule has 0 aliphatic carbocycles. The zero-order valence-electron chi connectivity index (χ0n) is 11.1. The molecular formula is C14H12ClN3O2S. The summed E-state index contributed by atoms with van der Waals surface area (Å²) in [7, 11) is -3.83. The fourth-order valence-electron chi connectivity index (χ4n) is 1.77. The van der Waals surface area contributed by atoms with Crippen molar-refractivity contribution >= 4 is 33.0 Å². The van der Waals surface area contributed by atoms with Gasteiger partial charge in [-0.15, -0.1) is 0 Å². The van der Waals surface area contributed by atoms with Crippen molar-refractivity contribution in [1.82, 2.24) is 0 Å². The Hall–Kier alpha value is -2.23. The van der Waals surface area contributed by atoms with Crippen molar-refractivity contribution < 1.29 is 8.42 Å². The van der Waals surface area contributed by atoms with Gasteiger partial charge in [-0.2, -0.15) is 5.26 Å². The molecule has 2 rings (SSSR count). The Kier molecular flexibility index (Phi) is 4.07. The average Bonchev–Trinajstić information content (AvgIpc) is 2.43. The molecule has 108 valence electrons. The second-order valence-electron chi connectivity index (χ2n) is 4.40. The molecule has 5 nitrogen and oxygen atoms in total. The van der Waals surface area contributed by atoms with Gasteiger partial charge in [0.15, 0.2) is 0 Å². The number of rotatable bonds is 3. The smallest absolute Gasteiger partial charge is 0.262 e. The van der Waals surface area contributed by atoms with E-state index < -0.39 is 10.0 Å². The Balaban J connectivity index is 2.44. The summed E-state index contributed by atoms with van der Waals surface area (Å²) in [6, 6.07) is 10.9. The van der Waals surface area contributed by atoms with Gasteiger partial charge in [0.1, 0.15) is 0 Å². The van der Waals surface area contributed by atoms with Crippen LogP contribution >= 0.6 is 11.6 Å². The maximum absolute atomic E-state index is 12.3. The molecule has 0 saturated carbocycles. The first-order valence-electron chi connectivity index (χ1n) is 5.92. The first-order valence-corrected chi connectivity index (χ1v) is 7.79. The van der Waals surface area contributed by atoms with Gasteiger partial charge in [-0.25, -0.2) is 8.42 Å². The SMILES string of the molecule is Cc1cc(S(=O)(=O)Nc2c(N)cccc2Cl)ccc1C#N. The highest BCUT2D eigenvalue weighted by Gasteiger charge is 2.18. The van der Waals surface area contributed by atoms with E-state index in [1.807, 2.05) is 6.07 Å². The van der Waals surface area contributed by atoms with Crippen molar-refractivity contribution in [2.45, 2.75) is 11.8 Å².